The number of hydrogen-bond acceptors (Lipinski definition) is 1. The zero-order valence-corrected chi connectivity index (χ0v) is 13.6. The number of pyridine rings is 2. The molecule has 0 unspecified atom stereocenters. The minimum atomic E-state index is 1.08. The standard InChI is InChI=1S/C22H17N3/c1-4-15-25-19(5-1)11-12-21(25)17-7-9-18(10-8-17)23-20-13-16-24-14-3-2-6-22(20)24/h1-16,23H. The van der Waals surface area contributed by atoms with E-state index in [1.165, 1.54) is 22.3 Å². The molecule has 0 fully saturated rings. The van der Waals surface area contributed by atoms with Crippen molar-refractivity contribution >= 4 is 22.4 Å². The summed E-state index contributed by atoms with van der Waals surface area (Å²) >= 11 is 0. The summed E-state index contributed by atoms with van der Waals surface area (Å²) in [5, 5.41) is 3.51. The molecule has 0 aliphatic carbocycles. The zero-order chi connectivity index (χ0) is 16.6. The van der Waals surface area contributed by atoms with E-state index >= 15 is 0 Å². The lowest BCUT2D eigenvalue weighted by atomic mass is 10.1. The smallest absolute Gasteiger partial charge is 0.0686 e. The maximum atomic E-state index is 3.51. The highest BCUT2D eigenvalue weighted by molar-refractivity contribution is 5.78. The van der Waals surface area contributed by atoms with Crippen molar-refractivity contribution in [1.82, 2.24) is 8.80 Å². The molecule has 25 heavy (non-hydrogen) atoms. The lowest BCUT2D eigenvalue weighted by molar-refractivity contribution is 1.20. The van der Waals surface area contributed by atoms with Crippen molar-refractivity contribution in [1.29, 1.82) is 0 Å². The fraction of sp³-hybridized carbons (Fsp3) is 0. The van der Waals surface area contributed by atoms with E-state index in [1.807, 2.05) is 6.07 Å². The number of hydrogen-bond donors (Lipinski definition) is 1. The molecule has 0 aliphatic rings. The van der Waals surface area contributed by atoms with Gasteiger partial charge >= 0.3 is 0 Å². The van der Waals surface area contributed by atoms with Crippen LogP contribution in [0.3, 0.4) is 0 Å². The molecule has 3 heteroatoms. The van der Waals surface area contributed by atoms with E-state index in [0.29, 0.717) is 0 Å². The average Bonchev–Trinajstić information content (AvgIpc) is 3.27. The first-order valence-corrected chi connectivity index (χ1v) is 8.38. The van der Waals surface area contributed by atoms with E-state index < -0.39 is 0 Å². The number of aromatic nitrogens is 2. The van der Waals surface area contributed by atoms with Gasteiger partial charge in [-0.25, -0.2) is 0 Å². The summed E-state index contributed by atoms with van der Waals surface area (Å²) in [5.41, 5.74) is 6.99. The Hall–Kier alpha value is -3.46. The minimum Gasteiger partial charge on any atom is -0.354 e. The lowest BCUT2D eigenvalue weighted by Crippen LogP contribution is -1.91. The second-order valence-corrected chi connectivity index (χ2v) is 6.14. The second-order valence-electron chi connectivity index (χ2n) is 6.14. The topological polar surface area (TPSA) is 20.8 Å². The van der Waals surface area contributed by atoms with Crippen molar-refractivity contribution in [3.63, 3.8) is 0 Å². The van der Waals surface area contributed by atoms with Crippen LogP contribution in [0.15, 0.2) is 97.5 Å². The Bertz CT molecular complexity index is 1160. The Labute approximate surface area is 145 Å². The quantitative estimate of drug-likeness (QED) is 0.458. The summed E-state index contributed by atoms with van der Waals surface area (Å²) in [6.45, 7) is 0. The lowest BCUT2D eigenvalue weighted by Gasteiger charge is -2.08. The van der Waals surface area contributed by atoms with Crippen LogP contribution in [0.1, 0.15) is 0 Å². The monoisotopic (exact) mass is 323 g/mol. The van der Waals surface area contributed by atoms with Gasteiger partial charge in [0.1, 0.15) is 0 Å². The average molecular weight is 323 g/mol. The van der Waals surface area contributed by atoms with Gasteiger partial charge < -0.3 is 14.1 Å². The molecule has 0 spiro atoms. The van der Waals surface area contributed by atoms with Crippen molar-refractivity contribution < 1.29 is 0 Å². The minimum absolute atomic E-state index is 1.08. The summed E-state index contributed by atoms with van der Waals surface area (Å²) in [5.74, 6) is 0. The van der Waals surface area contributed by atoms with Crippen LogP contribution in [0.2, 0.25) is 0 Å². The third-order valence-corrected chi connectivity index (χ3v) is 4.59. The highest BCUT2D eigenvalue weighted by atomic mass is 15.0. The Morgan fingerprint density at radius 3 is 2.40 bits per heavy atom. The highest BCUT2D eigenvalue weighted by Crippen LogP contribution is 2.27. The van der Waals surface area contributed by atoms with Crippen LogP contribution < -0.4 is 5.32 Å². The molecule has 0 saturated carbocycles. The second kappa shape index (κ2) is 5.56. The third-order valence-electron chi connectivity index (χ3n) is 4.59. The van der Waals surface area contributed by atoms with Crippen LogP contribution in [-0.4, -0.2) is 8.80 Å². The first kappa shape index (κ1) is 13.9. The molecule has 5 aromatic rings. The number of nitrogens with one attached hydrogen (secondary N) is 1. The molecule has 0 bridgehead atoms. The molecule has 4 aromatic heterocycles. The molecule has 4 heterocycles. The van der Waals surface area contributed by atoms with Crippen molar-refractivity contribution in [2.45, 2.75) is 0 Å². The van der Waals surface area contributed by atoms with Gasteiger partial charge in [-0.1, -0.05) is 24.3 Å². The highest BCUT2D eigenvalue weighted by Gasteiger charge is 2.05. The van der Waals surface area contributed by atoms with E-state index in [2.05, 4.69) is 106 Å². The van der Waals surface area contributed by atoms with Crippen LogP contribution in [0.4, 0.5) is 11.4 Å². The normalized spacial score (nSPS) is 11.2. The molecule has 5 rings (SSSR count). The van der Waals surface area contributed by atoms with E-state index in [4.69, 9.17) is 0 Å². The third kappa shape index (κ3) is 2.37. The van der Waals surface area contributed by atoms with E-state index in [-0.39, 0.29) is 0 Å². The van der Waals surface area contributed by atoms with Gasteiger partial charge in [0.25, 0.3) is 0 Å². The Morgan fingerprint density at radius 1 is 0.640 bits per heavy atom. The summed E-state index contributed by atoms with van der Waals surface area (Å²) < 4.78 is 4.33. The maximum absolute atomic E-state index is 3.51. The fourth-order valence-electron chi connectivity index (χ4n) is 3.33. The van der Waals surface area contributed by atoms with Crippen LogP contribution in [0.25, 0.3) is 22.3 Å². The summed E-state index contributed by atoms with van der Waals surface area (Å²) in [6, 6.07) is 27.4. The van der Waals surface area contributed by atoms with Crippen molar-refractivity contribution in [3.05, 3.63) is 97.5 Å². The largest absolute Gasteiger partial charge is 0.354 e. The van der Waals surface area contributed by atoms with E-state index in [1.54, 1.807) is 0 Å². The number of fused-ring (bicyclic) bond motifs is 2. The molecular weight excluding hydrogens is 306 g/mol. The van der Waals surface area contributed by atoms with Gasteiger partial charge in [0.2, 0.25) is 0 Å². The zero-order valence-electron chi connectivity index (χ0n) is 13.6. The van der Waals surface area contributed by atoms with Gasteiger partial charge in [-0.3, -0.25) is 0 Å². The number of nitrogens with zero attached hydrogens (tertiary/aromatic N) is 2. The molecule has 1 aromatic carbocycles. The first-order chi connectivity index (χ1) is 12.4. The molecule has 0 atom stereocenters. The summed E-state index contributed by atoms with van der Waals surface area (Å²) in [6.07, 6.45) is 6.23. The maximum Gasteiger partial charge on any atom is 0.0686 e. The molecule has 120 valence electrons. The van der Waals surface area contributed by atoms with Gasteiger partial charge in [-0.15, -0.1) is 0 Å². The predicted molar refractivity (Wildman–Crippen MR) is 104 cm³/mol. The Morgan fingerprint density at radius 2 is 1.48 bits per heavy atom. The van der Waals surface area contributed by atoms with Crippen molar-refractivity contribution in [2.24, 2.45) is 0 Å². The summed E-state index contributed by atoms with van der Waals surface area (Å²) in [7, 11) is 0. The molecule has 1 N–H and O–H groups in total. The van der Waals surface area contributed by atoms with Crippen molar-refractivity contribution in [2.75, 3.05) is 5.32 Å². The van der Waals surface area contributed by atoms with E-state index in [9.17, 15) is 0 Å². The predicted octanol–water partition coefficient (Wildman–Crippen LogP) is 5.60. The molecular formula is C22H17N3. The molecule has 0 aliphatic heterocycles. The molecule has 0 saturated heterocycles. The van der Waals surface area contributed by atoms with Gasteiger partial charge in [0.15, 0.2) is 0 Å². The Kier molecular flexibility index (Phi) is 3.10. The number of anilines is 2. The van der Waals surface area contributed by atoms with Crippen molar-refractivity contribution in [3.8, 4) is 11.3 Å². The Balaban J connectivity index is 1.47. The summed E-state index contributed by atoms with van der Waals surface area (Å²) in [4.78, 5) is 0. The van der Waals surface area contributed by atoms with Crippen LogP contribution in [-0.2, 0) is 0 Å². The number of benzene rings is 1. The molecule has 0 amide bonds. The molecule has 0 radical (unpaired) electrons. The van der Waals surface area contributed by atoms with Gasteiger partial charge in [-0.2, -0.15) is 0 Å². The SMILES string of the molecule is c1ccn2ccc(Nc3ccc(-c4ccc5ccccn45)cc3)c2c1. The van der Waals surface area contributed by atoms with Gasteiger partial charge in [0, 0.05) is 29.8 Å². The van der Waals surface area contributed by atoms with Crippen LogP contribution in [0.5, 0.6) is 0 Å². The fourth-order valence-corrected chi connectivity index (χ4v) is 3.33. The first-order valence-electron chi connectivity index (χ1n) is 8.38. The van der Waals surface area contributed by atoms with Crippen LogP contribution in [0, 0.1) is 0 Å². The van der Waals surface area contributed by atoms with Gasteiger partial charge in [0.05, 0.1) is 16.9 Å². The van der Waals surface area contributed by atoms with Crippen LogP contribution >= 0.6 is 0 Å². The van der Waals surface area contributed by atoms with E-state index in [0.717, 1.165) is 11.4 Å². The number of rotatable bonds is 3. The van der Waals surface area contributed by atoms with Gasteiger partial charge in [-0.05, 0) is 60.2 Å². The molecule has 3 nitrogen and oxygen atoms in total.